The summed E-state index contributed by atoms with van der Waals surface area (Å²) in [4.78, 5) is 23.8. The number of carbonyl (C=O) groups is 2. The van der Waals surface area contributed by atoms with Crippen molar-refractivity contribution in [2.24, 2.45) is 5.92 Å². The zero-order valence-corrected chi connectivity index (χ0v) is 11.4. The number of hydrogen-bond acceptors (Lipinski definition) is 4. The number of ether oxygens (including phenoxy) is 2. The van der Waals surface area contributed by atoms with E-state index in [9.17, 15) is 9.59 Å². The number of carbonyl (C=O) groups excluding carboxylic acids is 2. The van der Waals surface area contributed by atoms with Gasteiger partial charge in [-0.25, -0.2) is 0 Å². The van der Waals surface area contributed by atoms with Crippen LogP contribution in [-0.2, 0) is 9.53 Å². The molecule has 1 aromatic carbocycles. The fraction of sp³-hybridized carbons (Fsp3) is 0.467. The van der Waals surface area contributed by atoms with Crippen LogP contribution in [0.3, 0.4) is 0 Å². The van der Waals surface area contributed by atoms with Gasteiger partial charge in [0.05, 0.1) is 13.0 Å². The maximum atomic E-state index is 12.2. The summed E-state index contributed by atoms with van der Waals surface area (Å²) in [5.74, 6) is -0.0336. The maximum absolute atomic E-state index is 12.2. The third-order valence-corrected chi connectivity index (χ3v) is 3.27. The summed E-state index contributed by atoms with van der Waals surface area (Å²) in [6.45, 7) is 3.72. The fourth-order valence-electron chi connectivity index (χ4n) is 2.37. The lowest BCUT2D eigenvalue weighted by Crippen LogP contribution is -2.17. The second-order valence-electron chi connectivity index (χ2n) is 5.44. The van der Waals surface area contributed by atoms with E-state index in [-0.39, 0.29) is 24.1 Å². The Morgan fingerprint density at radius 1 is 1.47 bits per heavy atom. The highest BCUT2D eigenvalue weighted by atomic mass is 16.6. The average molecular weight is 262 g/mol. The van der Waals surface area contributed by atoms with Gasteiger partial charge in [0.25, 0.3) is 0 Å². The van der Waals surface area contributed by atoms with Crippen LogP contribution in [0.1, 0.15) is 37.0 Å². The molecule has 1 aromatic rings. The van der Waals surface area contributed by atoms with Gasteiger partial charge < -0.3 is 9.47 Å². The van der Waals surface area contributed by atoms with Crippen LogP contribution in [0, 0.1) is 5.92 Å². The van der Waals surface area contributed by atoms with Crippen molar-refractivity contribution in [2.75, 3.05) is 7.11 Å². The van der Waals surface area contributed by atoms with E-state index in [1.165, 1.54) is 0 Å². The molecule has 0 saturated carbocycles. The maximum Gasteiger partial charge on any atom is 0.310 e. The van der Waals surface area contributed by atoms with Crippen molar-refractivity contribution in [3.8, 4) is 5.75 Å². The number of esters is 1. The zero-order chi connectivity index (χ0) is 14.0. The molecule has 19 heavy (non-hydrogen) atoms. The summed E-state index contributed by atoms with van der Waals surface area (Å²) in [7, 11) is 1.56. The van der Waals surface area contributed by atoms with Crippen molar-refractivity contribution in [3.05, 3.63) is 29.8 Å². The highest BCUT2D eigenvalue weighted by Crippen LogP contribution is 2.33. The number of rotatable bonds is 4. The predicted molar refractivity (Wildman–Crippen MR) is 70.2 cm³/mol. The topological polar surface area (TPSA) is 52.6 Å². The lowest BCUT2D eigenvalue weighted by atomic mass is 9.91. The van der Waals surface area contributed by atoms with Gasteiger partial charge in [-0.2, -0.15) is 0 Å². The molecule has 102 valence electrons. The monoisotopic (exact) mass is 262 g/mol. The van der Waals surface area contributed by atoms with E-state index in [0.717, 1.165) is 0 Å². The van der Waals surface area contributed by atoms with Crippen molar-refractivity contribution in [1.29, 1.82) is 0 Å². The van der Waals surface area contributed by atoms with Gasteiger partial charge >= 0.3 is 5.97 Å². The molecule has 2 rings (SSSR count). The molecular weight excluding hydrogens is 244 g/mol. The second kappa shape index (κ2) is 5.03. The highest BCUT2D eigenvalue weighted by Gasteiger charge is 2.40. The number of hydrogen-bond donors (Lipinski definition) is 0. The normalized spacial score (nSPS) is 21.0. The van der Waals surface area contributed by atoms with Gasteiger partial charge in [-0.05, 0) is 26.0 Å². The summed E-state index contributed by atoms with van der Waals surface area (Å²) in [5, 5.41) is 0. The molecule has 0 amide bonds. The van der Waals surface area contributed by atoms with Crippen molar-refractivity contribution >= 4 is 11.8 Å². The van der Waals surface area contributed by atoms with E-state index < -0.39 is 5.60 Å². The van der Waals surface area contributed by atoms with E-state index in [0.29, 0.717) is 17.7 Å². The van der Waals surface area contributed by atoms with E-state index in [1.54, 1.807) is 31.4 Å². The molecule has 1 atom stereocenters. The summed E-state index contributed by atoms with van der Waals surface area (Å²) in [5.41, 5.74) is 0.105. The van der Waals surface area contributed by atoms with Gasteiger partial charge in [-0.3, -0.25) is 9.59 Å². The average Bonchev–Trinajstić information content (AvgIpc) is 2.62. The molecule has 4 heteroatoms. The van der Waals surface area contributed by atoms with E-state index in [4.69, 9.17) is 9.47 Å². The van der Waals surface area contributed by atoms with Crippen molar-refractivity contribution in [2.45, 2.75) is 32.3 Å². The molecule has 1 saturated heterocycles. The first-order valence-electron chi connectivity index (χ1n) is 6.31. The van der Waals surface area contributed by atoms with E-state index in [2.05, 4.69) is 0 Å². The van der Waals surface area contributed by atoms with Crippen LogP contribution in [0.25, 0.3) is 0 Å². The Bertz CT molecular complexity index is 505. The Morgan fingerprint density at radius 3 is 2.79 bits per heavy atom. The summed E-state index contributed by atoms with van der Waals surface area (Å²) < 4.78 is 10.3. The Morgan fingerprint density at radius 2 is 2.21 bits per heavy atom. The third kappa shape index (κ3) is 3.13. The van der Waals surface area contributed by atoms with Gasteiger partial charge in [0, 0.05) is 18.4 Å². The lowest BCUT2D eigenvalue weighted by Gasteiger charge is -2.14. The summed E-state index contributed by atoms with van der Waals surface area (Å²) in [6.07, 6.45) is 0.775. The molecule has 0 spiro atoms. The summed E-state index contributed by atoms with van der Waals surface area (Å²) >= 11 is 0. The molecular formula is C15H18O4. The smallest absolute Gasteiger partial charge is 0.310 e. The Labute approximate surface area is 112 Å². The van der Waals surface area contributed by atoms with Gasteiger partial charge in [0.15, 0.2) is 5.78 Å². The minimum absolute atomic E-state index is 0.0569. The molecule has 0 radical (unpaired) electrons. The molecule has 1 fully saturated rings. The SMILES string of the molecule is COc1cccc(C(=O)CC2CC(C)(C)OC2=O)c1. The second-order valence-corrected chi connectivity index (χ2v) is 5.44. The van der Waals surface area contributed by atoms with E-state index in [1.807, 2.05) is 13.8 Å². The molecule has 1 aliphatic heterocycles. The number of ketones is 1. The highest BCUT2D eigenvalue weighted by molar-refractivity contribution is 5.98. The van der Waals surface area contributed by atoms with Crippen molar-refractivity contribution in [3.63, 3.8) is 0 Å². The van der Waals surface area contributed by atoms with Crippen LogP contribution in [-0.4, -0.2) is 24.5 Å². The molecule has 0 aliphatic carbocycles. The molecule has 0 bridgehead atoms. The first kappa shape index (κ1) is 13.6. The van der Waals surface area contributed by atoms with Crippen LogP contribution in [0.15, 0.2) is 24.3 Å². The van der Waals surface area contributed by atoms with Gasteiger partial charge in [-0.15, -0.1) is 0 Å². The third-order valence-electron chi connectivity index (χ3n) is 3.27. The molecule has 1 heterocycles. The Balaban J connectivity index is 2.07. The van der Waals surface area contributed by atoms with Crippen LogP contribution in [0.2, 0.25) is 0 Å². The quantitative estimate of drug-likeness (QED) is 0.618. The van der Waals surface area contributed by atoms with Gasteiger partial charge in [0.2, 0.25) is 0 Å². The van der Waals surface area contributed by atoms with Crippen molar-refractivity contribution < 1.29 is 19.1 Å². The van der Waals surface area contributed by atoms with Crippen LogP contribution in [0.5, 0.6) is 5.75 Å². The first-order chi connectivity index (χ1) is 8.91. The lowest BCUT2D eigenvalue weighted by molar-refractivity contribution is -0.148. The molecule has 1 aliphatic rings. The van der Waals surface area contributed by atoms with E-state index >= 15 is 0 Å². The Hall–Kier alpha value is -1.84. The minimum atomic E-state index is -0.462. The van der Waals surface area contributed by atoms with Crippen LogP contribution in [0.4, 0.5) is 0 Å². The van der Waals surface area contributed by atoms with Gasteiger partial charge in [0.1, 0.15) is 11.4 Å². The number of cyclic esters (lactones) is 1. The van der Waals surface area contributed by atoms with Crippen LogP contribution < -0.4 is 4.74 Å². The standard InChI is InChI=1S/C15H18O4/c1-15(2)9-11(14(17)19-15)8-13(16)10-5-4-6-12(7-10)18-3/h4-7,11H,8-9H2,1-3H3. The zero-order valence-electron chi connectivity index (χ0n) is 11.4. The minimum Gasteiger partial charge on any atom is -0.497 e. The molecule has 0 N–H and O–H groups in total. The first-order valence-corrected chi connectivity index (χ1v) is 6.31. The van der Waals surface area contributed by atoms with Gasteiger partial charge in [-0.1, -0.05) is 12.1 Å². The molecule has 4 nitrogen and oxygen atoms in total. The predicted octanol–water partition coefficient (Wildman–Crippen LogP) is 2.61. The fourth-order valence-corrected chi connectivity index (χ4v) is 2.37. The van der Waals surface area contributed by atoms with Crippen molar-refractivity contribution in [1.82, 2.24) is 0 Å². The molecule has 0 aromatic heterocycles. The summed E-state index contributed by atoms with van der Waals surface area (Å²) in [6, 6.07) is 6.97. The number of benzene rings is 1. The largest absolute Gasteiger partial charge is 0.497 e. The Kier molecular flexibility index (Phi) is 3.60. The number of methoxy groups -OCH3 is 1. The van der Waals surface area contributed by atoms with Crippen LogP contribution >= 0.6 is 0 Å². The molecule has 1 unspecified atom stereocenters. The number of Topliss-reactive ketones (excluding diaryl/α,β-unsaturated/α-hetero) is 1.